The number of aromatic nitrogens is 22. The van der Waals surface area contributed by atoms with Crippen molar-refractivity contribution in [3.05, 3.63) is 450 Å². The molecule has 0 amide bonds. The Balaban J connectivity index is 0.0000000930. The molecule has 15 aromatic carbocycles. The van der Waals surface area contributed by atoms with Crippen molar-refractivity contribution in [2.75, 3.05) is 0 Å². The van der Waals surface area contributed by atoms with Crippen molar-refractivity contribution < 1.29 is 0 Å². The van der Waals surface area contributed by atoms with Crippen LogP contribution in [0.2, 0.25) is 0 Å². The van der Waals surface area contributed by atoms with Crippen molar-refractivity contribution in [2.24, 2.45) is 0 Å². The molecule has 0 N–H and O–H groups in total. The van der Waals surface area contributed by atoms with Gasteiger partial charge in [-0.15, -0.1) is 5.10 Å². The van der Waals surface area contributed by atoms with Crippen LogP contribution in [0.3, 0.4) is 0 Å². The zero-order valence-corrected chi connectivity index (χ0v) is 78.6. The minimum Gasteiger partial charge on any atom is -0.308 e. The highest BCUT2D eigenvalue weighted by Crippen LogP contribution is 2.46. The van der Waals surface area contributed by atoms with Gasteiger partial charge in [0.15, 0.2) is 69.9 Å². The molecule has 17 heterocycles. The van der Waals surface area contributed by atoms with Crippen LogP contribution >= 0.6 is 0 Å². The van der Waals surface area contributed by atoms with E-state index in [1.165, 1.54) is 59.8 Å². The summed E-state index contributed by atoms with van der Waals surface area (Å²) in [6, 6.07) is 134. The van der Waals surface area contributed by atoms with E-state index < -0.39 is 0 Å². The maximum Gasteiger partial charge on any atom is 0.164 e. The normalized spacial score (nSPS) is 11.8. The Bertz CT molecular complexity index is 9310. The summed E-state index contributed by atoms with van der Waals surface area (Å²) in [5, 5.41) is 26.1. The first-order valence-electron chi connectivity index (χ1n) is 48.7. The SMILES string of the molecule is c1ccc(-c2nc(-c3ccccc3)nc(-c3ccc4c(c3)c3cccc5c6cnccc6n4c53)n2)cc1.c1ccc(-c2nc(-c3ccccc3)nc(-c3ccc4c(c3)c3cncc5c6ccccc6n4c53)n2)cc1.c1ccc(-c2nc(-c3ccccc3)nc(-c3ccc4c(c3)c3cncc5c6cnccc6n4c53)n2)cc1.c1ccc(-c2nc(-c3ccccc3)nc(-c3ccc4c(c3)c3nncc5c6ccccc6n4c53)n2)cc1. The van der Waals surface area contributed by atoms with Crippen LogP contribution in [-0.4, -0.2) is 108 Å². The molecule has 0 radical (unpaired) electrons. The summed E-state index contributed by atoms with van der Waals surface area (Å²) in [5.74, 6) is 7.81. The Morgan fingerprint density at radius 1 is 0.135 bits per heavy atom. The first-order valence-corrected chi connectivity index (χ1v) is 48.7. The summed E-state index contributed by atoms with van der Waals surface area (Å²) in [7, 11) is 0. The molecule has 0 fully saturated rings. The van der Waals surface area contributed by atoms with Gasteiger partial charge in [-0.3, -0.25) is 19.9 Å². The molecule has 0 spiro atoms. The number of fused-ring (bicyclic) bond motifs is 24. The molecule has 0 saturated heterocycles. The van der Waals surface area contributed by atoms with E-state index in [9.17, 15) is 0 Å². The monoisotopic (exact) mass is 1890 g/mol. The van der Waals surface area contributed by atoms with Gasteiger partial charge in [-0.2, -0.15) is 5.10 Å². The molecule has 0 aliphatic rings. The Kier molecular flexibility index (Phi) is 19.7. The van der Waals surface area contributed by atoms with E-state index in [2.05, 4.69) is 199 Å². The highest BCUT2D eigenvalue weighted by molar-refractivity contribution is 6.27. The van der Waals surface area contributed by atoms with Gasteiger partial charge < -0.3 is 17.6 Å². The van der Waals surface area contributed by atoms with Crippen LogP contribution in [0.25, 0.3) is 289 Å². The minimum atomic E-state index is 0.622. The van der Waals surface area contributed by atoms with Crippen molar-refractivity contribution in [3.63, 3.8) is 0 Å². The Labute approximate surface area is 841 Å². The predicted octanol–water partition coefficient (Wildman–Crippen LogP) is 28.5. The highest BCUT2D eigenvalue weighted by Gasteiger charge is 2.28. The van der Waals surface area contributed by atoms with E-state index >= 15 is 0 Å². The van der Waals surface area contributed by atoms with Crippen LogP contribution in [0.15, 0.2) is 450 Å². The van der Waals surface area contributed by atoms with Gasteiger partial charge in [0.25, 0.3) is 0 Å². The molecular formula is C126H74N22. The van der Waals surface area contributed by atoms with Crippen LogP contribution in [0, 0.1) is 0 Å². The van der Waals surface area contributed by atoms with Crippen molar-refractivity contribution >= 4 is 153 Å². The Hall–Kier alpha value is -20.8. The van der Waals surface area contributed by atoms with Crippen molar-refractivity contribution in [2.45, 2.75) is 0 Å². The summed E-state index contributed by atoms with van der Waals surface area (Å²) >= 11 is 0. The second-order valence-corrected chi connectivity index (χ2v) is 36.6. The fourth-order valence-electron chi connectivity index (χ4n) is 21.3. The fraction of sp³-hybridized carbons (Fsp3) is 0. The quantitative estimate of drug-likeness (QED) is 0.110. The Morgan fingerprint density at radius 3 is 0.682 bits per heavy atom. The number of rotatable bonds is 12. The number of pyridine rings is 4. The fourth-order valence-corrected chi connectivity index (χ4v) is 21.3. The smallest absolute Gasteiger partial charge is 0.164 e. The highest BCUT2D eigenvalue weighted by atomic mass is 15.1. The predicted molar refractivity (Wildman–Crippen MR) is 590 cm³/mol. The standard InChI is InChI=1S/2C32H19N5.2C31H18N6/c1-3-9-20(10-4-1)30-34-31(21-11-5-2-6-12-21)36-32(35-30)22-15-16-28-24(17-22)26-19-33-18-25-23-13-7-8-14-27(23)37(28)29(25)26;1-3-8-20(9-4-1)30-34-31(21-10-5-2-6-11-21)36-32(35-30)22-14-15-27-25(18-22)23-12-7-13-24-26-19-33-17-16-28(26)37(27)29(23)24;1-3-9-19(10-4-1)29-33-30(20-11-5-2-6-12-20)35-31(34-29)21-15-16-26-23(17-21)27-28-24(18-32-36-27)22-13-7-8-14-25(22)37(26)28;1-3-7-19(8-4-1)29-34-30(20-9-5-2-6-10-20)36-31(35-29)21-11-12-26-22(15-21)24-17-33-18-25-23-16-32-14-13-27(23)37(26)28(24)25/h2*1-19H;2*1-18H. The molecule has 0 saturated carbocycles. The van der Waals surface area contributed by atoms with Gasteiger partial charge in [-0.25, -0.2) is 59.8 Å². The van der Waals surface area contributed by atoms with Gasteiger partial charge in [0, 0.05) is 197 Å². The topological polar surface area (TPSA) is 250 Å². The van der Waals surface area contributed by atoms with E-state index in [4.69, 9.17) is 59.8 Å². The third-order valence-corrected chi connectivity index (χ3v) is 28.0. The molecule has 0 aliphatic heterocycles. The molecule has 0 aliphatic carbocycles. The summed E-state index contributed by atoms with van der Waals surface area (Å²) < 4.78 is 9.28. The summed E-state index contributed by atoms with van der Waals surface area (Å²) in [5.41, 5.74) is 26.1. The first kappa shape index (κ1) is 84.1. The molecule has 32 aromatic rings. The van der Waals surface area contributed by atoms with Crippen molar-refractivity contribution in [1.29, 1.82) is 0 Å². The van der Waals surface area contributed by atoms with Crippen LogP contribution < -0.4 is 0 Å². The van der Waals surface area contributed by atoms with Crippen molar-refractivity contribution in [3.8, 4) is 137 Å². The van der Waals surface area contributed by atoms with E-state index in [1.807, 2.05) is 298 Å². The number of hydrogen-bond donors (Lipinski definition) is 0. The minimum absolute atomic E-state index is 0.622. The lowest BCUT2D eigenvalue weighted by Gasteiger charge is -2.08. The molecular weight excluding hydrogens is 1820 g/mol. The van der Waals surface area contributed by atoms with Gasteiger partial charge in [0.05, 0.1) is 72.4 Å². The lowest BCUT2D eigenvalue weighted by molar-refractivity contribution is 1.07. The average Bonchev–Trinajstić information content (AvgIpc) is 1.56. The van der Waals surface area contributed by atoms with Gasteiger partial charge in [0.1, 0.15) is 5.52 Å². The van der Waals surface area contributed by atoms with Gasteiger partial charge in [0.2, 0.25) is 0 Å². The van der Waals surface area contributed by atoms with E-state index in [1.54, 1.807) is 0 Å². The van der Waals surface area contributed by atoms with E-state index in [0.717, 1.165) is 160 Å². The lowest BCUT2D eigenvalue weighted by atomic mass is 10.1. The van der Waals surface area contributed by atoms with Gasteiger partial charge in [-0.1, -0.05) is 297 Å². The molecule has 688 valence electrons. The van der Waals surface area contributed by atoms with Gasteiger partial charge >= 0.3 is 0 Å². The second-order valence-electron chi connectivity index (χ2n) is 36.6. The number of nitrogens with zero attached hydrogens (tertiary/aromatic N) is 22. The Morgan fingerprint density at radius 2 is 0.351 bits per heavy atom. The molecule has 0 unspecified atom stereocenters. The van der Waals surface area contributed by atoms with Crippen LogP contribution in [-0.2, 0) is 0 Å². The largest absolute Gasteiger partial charge is 0.308 e. The van der Waals surface area contributed by atoms with Crippen molar-refractivity contribution in [1.82, 2.24) is 108 Å². The van der Waals surface area contributed by atoms with Crippen LogP contribution in [0.1, 0.15) is 0 Å². The van der Waals surface area contributed by atoms with Crippen LogP contribution in [0.5, 0.6) is 0 Å². The third kappa shape index (κ3) is 14.0. The molecule has 32 rings (SSSR count). The van der Waals surface area contributed by atoms with E-state index in [0.29, 0.717) is 69.9 Å². The van der Waals surface area contributed by atoms with Gasteiger partial charge in [-0.05, 0) is 97.1 Å². The maximum atomic E-state index is 4.92. The molecule has 22 heteroatoms. The average molecular weight is 1900 g/mol. The first-order chi connectivity index (χ1) is 73.4. The number of para-hydroxylation sites is 3. The molecule has 0 bridgehead atoms. The summed E-state index contributed by atoms with van der Waals surface area (Å²) in [6.45, 7) is 0. The molecule has 22 nitrogen and oxygen atoms in total. The molecule has 17 aromatic heterocycles. The number of benzene rings is 15. The maximum absolute atomic E-state index is 4.92. The summed E-state index contributed by atoms with van der Waals surface area (Å²) in [4.78, 5) is 76.4. The third-order valence-electron chi connectivity index (χ3n) is 28.0. The zero-order valence-electron chi connectivity index (χ0n) is 78.6. The summed E-state index contributed by atoms with van der Waals surface area (Å²) in [6.07, 6.45) is 17.2. The lowest BCUT2D eigenvalue weighted by Crippen LogP contribution is -2.00. The zero-order chi connectivity index (χ0) is 97.4. The molecule has 0 atom stereocenters. The number of hydrogen-bond acceptors (Lipinski definition) is 18. The second kappa shape index (κ2) is 34.6. The molecule has 148 heavy (non-hydrogen) atoms. The van der Waals surface area contributed by atoms with E-state index in [-0.39, 0.29) is 0 Å². The van der Waals surface area contributed by atoms with Crippen LogP contribution in [0.4, 0.5) is 0 Å².